The van der Waals surface area contributed by atoms with E-state index in [-0.39, 0.29) is 17.6 Å². The molecule has 3 aromatic rings. The molecule has 0 saturated heterocycles. The fraction of sp³-hybridized carbons (Fsp3) is 0.136. The Hall–Kier alpha value is -3.19. The summed E-state index contributed by atoms with van der Waals surface area (Å²) in [5, 5.41) is 3.67. The first kappa shape index (κ1) is 19.1. The number of carbonyl (C=O) groups is 2. The Bertz CT molecular complexity index is 1040. The molecule has 2 amide bonds. The number of aromatic nitrogens is 1. The Morgan fingerprint density at radius 1 is 1.07 bits per heavy atom. The second-order valence-corrected chi connectivity index (χ2v) is 7.57. The Balaban J connectivity index is 1.41. The fourth-order valence-corrected chi connectivity index (χ4v) is 3.92. The number of thioether (sulfide) groups is 1. The van der Waals surface area contributed by atoms with Crippen LogP contribution in [0.15, 0.2) is 71.9 Å². The van der Waals surface area contributed by atoms with E-state index in [1.807, 2.05) is 24.3 Å². The van der Waals surface area contributed by atoms with Gasteiger partial charge in [-0.1, -0.05) is 36.0 Å². The van der Waals surface area contributed by atoms with Crippen molar-refractivity contribution in [3.63, 3.8) is 0 Å². The Morgan fingerprint density at radius 3 is 2.55 bits per heavy atom. The van der Waals surface area contributed by atoms with Gasteiger partial charge in [0.25, 0.3) is 5.91 Å². The van der Waals surface area contributed by atoms with Crippen LogP contribution < -0.4 is 10.2 Å². The summed E-state index contributed by atoms with van der Waals surface area (Å²) in [5.41, 5.74) is 3.09. The molecule has 1 aromatic heterocycles. The lowest BCUT2D eigenvalue weighted by atomic mass is 10.1. The highest BCUT2D eigenvalue weighted by molar-refractivity contribution is 8.00. The third kappa shape index (κ3) is 4.46. The maximum absolute atomic E-state index is 12.9. The highest BCUT2D eigenvalue weighted by atomic mass is 32.2. The van der Waals surface area contributed by atoms with Crippen molar-refractivity contribution in [2.45, 2.75) is 18.1 Å². The van der Waals surface area contributed by atoms with E-state index in [4.69, 9.17) is 0 Å². The van der Waals surface area contributed by atoms with Crippen LogP contribution in [-0.4, -0.2) is 22.6 Å². The number of fused-ring (bicyclic) bond motifs is 1. The zero-order valence-electron chi connectivity index (χ0n) is 15.5. The number of rotatable bonds is 5. The quantitative estimate of drug-likeness (QED) is 0.699. The molecule has 1 N–H and O–H groups in total. The maximum atomic E-state index is 12.9. The van der Waals surface area contributed by atoms with Gasteiger partial charge in [0.05, 0.1) is 18.0 Å². The predicted octanol–water partition coefficient (Wildman–Crippen LogP) is 3.79. The minimum atomic E-state index is -0.306. The van der Waals surface area contributed by atoms with Crippen molar-refractivity contribution in [2.24, 2.45) is 0 Å². The summed E-state index contributed by atoms with van der Waals surface area (Å²) in [6.45, 7) is 0.750. The Labute approximate surface area is 172 Å². The number of hydrogen-bond donors (Lipinski definition) is 1. The number of carbonyl (C=O) groups excluding carboxylic acids is 2. The fourth-order valence-electron chi connectivity index (χ4n) is 3.05. The van der Waals surface area contributed by atoms with Crippen LogP contribution in [-0.2, 0) is 17.9 Å². The third-order valence-corrected chi connectivity index (χ3v) is 5.58. The molecular weight excluding hydrogens is 389 g/mol. The van der Waals surface area contributed by atoms with Crippen LogP contribution in [0.5, 0.6) is 0 Å². The number of anilines is 1. The lowest BCUT2D eigenvalue weighted by Gasteiger charge is -2.28. The average Bonchev–Trinajstić information content (AvgIpc) is 2.75. The minimum absolute atomic E-state index is 0.0385. The topological polar surface area (TPSA) is 62.3 Å². The molecule has 4 rings (SSSR count). The molecule has 1 aliphatic heterocycles. The molecule has 0 aliphatic carbocycles. The van der Waals surface area contributed by atoms with Crippen molar-refractivity contribution in [1.29, 1.82) is 0 Å². The molecule has 2 heterocycles. The van der Waals surface area contributed by atoms with Crippen molar-refractivity contribution >= 4 is 29.3 Å². The summed E-state index contributed by atoms with van der Waals surface area (Å²) < 4.78 is 12.9. The number of benzene rings is 2. The van der Waals surface area contributed by atoms with E-state index in [9.17, 15) is 14.0 Å². The predicted molar refractivity (Wildman–Crippen MR) is 110 cm³/mol. The largest absolute Gasteiger partial charge is 0.348 e. The molecule has 7 heteroatoms. The monoisotopic (exact) mass is 407 g/mol. The molecule has 0 bridgehead atoms. The second-order valence-electron chi connectivity index (χ2n) is 6.60. The van der Waals surface area contributed by atoms with Gasteiger partial charge in [0.15, 0.2) is 0 Å². The summed E-state index contributed by atoms with van der Waals surface area (Å²) in [6, 6.07) is 16.9. The van der Waals surface area contributed by atoms with Gasteiger partial charge in [-0.15, -0.1) is 0 Å². The molecule has 5 nitrogen and oxygen atoms in total. The van der Waals surface area contributed by atoms with E-state index in [1.54, 1.807) is 35.4 Å². The molecule has 0 radical (unpaired) electrons. The minimum Gasteiger partial charge on any atom is -0.348 e. The molecule has 146 valence electrons. The SMILES string of the molecule is O=C(NCc1ccc(F)cc1)c1ccc(CN2C(=O)CSc3ncccc32)cc1. The highest BCUT2D eigenvalue weighted by Crippen LogP contribution is 2.33. The Morgan fingerprint density at radius 2 is 1.79 bits per heavy atom. The van der Waals surface area contributed by atoms with E-state index in [0.717, 1.165) is 21.8 Å². The van der Waals surface area contributed by atoms with Crippen LogP contribution in [0.2, 0.25) is 0 Å². The molecule has 0 spiro atoms. The summed E-state index contributed by atoms with van der Waals surface area (Å²) in [6.07, 6.45) is 1.72. The van der Waals surface area contributed by atoms with Gasteiger partial charge in [0.2, 0.25) is 5.91 Å². The molecule has 0 fully saturated rings. The summed E-state index contributed by atoms with van der Waals surface area (Å²) in [4.78, 5) is 30.8. The van der Waals surface area contributed by atoms with E-state index in [2.05, 4.69) is 10.3 Å². The number of nitrogens with one attached hydrogen (secondary N) is 1. The molecule has 29 heavy (non-hydrogen) atoms. The lowest BCUT2D eigenvalue weighted by Crippen LogP contribution is -2.35. The molecular formula is C22H18FN3O2S. The van der Waals surface area contributed by atoms with E-state index in [0.29, 0.717) is 24.4 Å². The first-order chi connectivity index (χ1) is 14.1. The second kappa shape index (κ2) is 8.45. The van der Waals surface area contributed by atoms with Crippen molar-refractivity contribution < 1.29 is 14.0 Å². The van der Waals surface area contributed by atoms with Crippen molar-refractivity contribution in [3.05, 3.63) is 89.4 Å². The van der Waals surface area contributed by atoms with Crippen LogP contribution in [0.25, 0.3) is 0 Å². The van der Waals surface area contributed by atoms with E-state index in [1.165, 1.54) is 23.9 Å². The Kier molecular flexibility index (Phi) is 5.57. The van der Waals surface area contributed by atoms with Crippen LogP contribution in [0.3, 0.4) is 0 Å². The van der Waals surface area contributed by atoms with Crippen LogP contribution in [0.4, 0.5) is 10.1 Å². The van der Waals surface area contributed by atoms with Crippen LogP contribution >= 0.6 is 11.8 Å². The first-order valence-electron chi connectivity index (χ1n) is 9.10. The standard InChI is InChI=1S/C22H18FN3O2S/c23-18-9-5-15(6-10-18)12-25-21(28)17-7-3-16(4-8-17)13-26-19-2-1-11-24-22(19)29-14-20(26)27/h1-11H,12-14H2,(H,25,28). The summed E-state index contributed by atoms with van der Waals surface area (Å²) >= 11 is 1.45. The van der Waals surface area contributed by atoms with Crippen molar-refractivity contribution in [2.75, 3.05) is 10.7 Å². The zero-order valence-corrected chi connectivity index (χ0v) is 16.3. The van der Waals surface area contributed by atoms with Gasteiger partial charge in [0, 0.05) is 18.3 Å². The number of halogens is 1. The van der Waals surface area contributed by atoms with Crippen LogP contribution in [0.1, 0.15) is 21.5 Å². The van der Waals surface area contributed by atoms with Crippen LogP contribution in [0, 0.1) is 5.82 Å². The van der Waals surface area contributed by atoms with Gasteiger partial charge in [-0.25, -0.2) is 9.37 Å². The van der Waals surface area contributed by atoms with E-state index >= 15 is 0 Å². The van der Waals surface area contributed by atoms with Gasteiger partial charge in [-0.2, -0.15) is 0 Å². The summed E-state index contributed by atoms with van der Waals surface area (Å²) in [5.74, 6) is -0.106. The van der Waals surface area contributed by atoms with E-state index < -0.39 is 0 Å². The first-order valence-corrected chi connectivity index (χ1v) is 10.1. The maximum Gasteiger partial charge on any atom is 0.251 e. The molecule has 0 atom stereocenters. The molecule has 1 aliphatic rings. The lowest BCUT2D eigenvalue weighted by molar-refractivity contribution is -0.116. The van der Waals surface area contributed by atoms with Gasteiger partial charge < -0.3 is 10.2 Å². The smallest absolute Gasteiger partial charge is 0.251 e. The molecule has 0 saturated carbocycles. The van der Waals surface area contributed by atoms with Crippen molar-refractivity contribution in [3.8, 4) is 0 Å². The third-order valence-electron chi connectivity index (χ3n) is 4.60. The molecule has 2 aromatic carbocycles. The number of nitrogens with zero attached hydrogens (tertiary/aromatic N) is 2. The normalized spacial score (nSPS) is 13.1. The number of pyridine rings is 1. The van der Waals surface area contributed by atoms with Gasteiger partial charge >= 0.3 is 0 Å². The zero-order chi connectivity index (χ0) is 20.2. The molecule has 0 unspecified atom stereocenters. The van der Waals surface area contributed by atoms with Crippen molar-refractivity contribution in [1.82, 2.24) is 10.3 Å². The average molecular weight is 407 g/mol. The highest BCUT2D eigenvalue weighted by Gasteiger charge is 2.25. The number of amides is 2. The van der Waals surface area contributed by atoms with Gasteiger partial charge in [0.1, 0.15) is 10.8 Å². The van der Waals surface area contributed by atoms with Gasteiger partial charge in [-0.3, -0.25) is 9.59 Å². The summed E-state index contributed by atoms with van der Waals surface area (Å²) in [7, 11) is 0. The number of hydrogen-bond acceptors (Lipinski definition) is 4. The van der Waals surface area contributed by atoms with Gasteiger partial charge in [-0.05, 0) is 47.5 Å².